The number of fused-ring (bicyclic) bond motifs is 1. The van der Waals surface area contributed by atoms with Crippen molar-refractivity contribution in [2.45, 2.75) is 17.7 Å². The van der Waals surface area contributed by atoms with E-state index >= 15 is 0 Å². The molecule has 31 heavy (non-hydrogen) atoms. The molecule has 7 nitrogen and oxygen atoms in total. The van der Waals surface area contributed by atoms with Gasteiger partial charge in [0.25, 0.3) is 0 Å². The molecule has 0 atom stereocenters. The summed E-state index contributed by atoms with van der Waals surface area (Å²) in [5.74, 6) is 0.00659. The summed E-state index contributed by atoms with van der Waals surface area (Å²) in [5, 5.41) is 0. The SMILES string of the molecule is COc1ccc2c(c1)CCCN2CC(=O)N1CCN(S(=O)(=O)c2ccccc2F)CC1. The molecule has 2 aromatic rings. The Hall–Kier alpha value is -2.65. The van der Waals surface area contributed by atoms with Crippen molar-refractivity contribution >= 4 is 21.6 Å². The van der Waals surface area contributed by atoms with Crippen molar-refractivity contribution < 1.29 is 22.3 Å². The van der Waals surface area contributed by atoms with E-state index in [9.17, 15) is 17.6 Å². The number of rotatable bonds is 5. The Kier molecular flexibility index (Phi) is 6.15. The van der Waals surface area contributed by atoms with Crippen molar-refractivity contribution in [3.8, 4) is 5.75 Å². The summed E-state index contributed by atoms with van der Waals surface area (Å²) in [4.78, 5) is 16.3. The lowest BCUT2D eigenvalue weighted by Crippen LogP contribution is -2.53. The van der Waals surface area contributed by atoms with Gasteiger partial charge in [-0.25, -0.2) is 12.8 Å². The van der Waals surface area contributed by atoms with Gasteiger partial charge >= 0.3 is 0 Å². The third kappa shape index (κ3) is 4.38. The van der Waals surface area contributed by atoms with Gasteiger partial charge in [0.2, 0.25) is 15.9 Å². The Bertz CT molecular complexity index is 1070. The number of benzene rings is 2. The molecule has 1 fully saturated rings. The lowest BCUT2D eigenvalue weighted by atomic mass is 10.0. The largest absolute Gasteiger partial charge is 0.497 e. The average molecular weight is 448 g/mol. The summed E-state index contributed by atoms with van der Waals surface area (Å²) in [6.45, 7) is 1.92. The minimum absolute atomic E-state index is 0.0355. The van der Waals surface area contributed by atoms with Gasteiger partial charge in [-0.05, 0) is 48.7 Å². The molecule has 2 aromatic carbocycles. The van der Waals surface area contributed by atoms with Gasteiger partial charge in [-0.2, -0.15) is 4.31 Å². The fourth-order valence-corrected chi connectivity index (χ4v) is 5.66. The molecular formula is C22H26FN3O4S. The molecule has 0 aromatic heterocycles. The molecule has 1 amide bonds. The normalized spacial score (nSPS) is 17.4. The highest BCUT2D eigenvalue weighted by Gasteiger charge is 2.32. The zero-order valence-electron chi connectivity index (χ0n) is 17.5. The number of hydrogen-bond donors (Lipinski definition) is 0. The van der Waals surface area contributed by atoms with Crippen molar-refractivity contribution in [1.29, 1.82) is 0 Å². The fourth-order valence-electron chi connectivity index (χ4n) is 4.18. The number of carbonyl (C=O) groups excluding carboxylic acids is 1. The zero-order valence-corrected chi connectivity index (χ0v) is 18.3. The van der Waals surface area contributed by atoms with Crippen LogP contribution in [0.3, 0.4) is 0 Å². The summed E-state index contributed by atoms with van der Waals surface area (Å²) < 4.78 is 46.0. The van der Waals surface area contributed by atoms with Gasteiger partial charge < -0.3 is 14.5 Å². The van der Waals surface area contributed by atoms with E-state index < -0.39 is 15.8 Å². The Morgan fingerprint density at radius 2 is 1.81 bits per heavy atom. The van der Waals surface area contributed by atoms with Crippen LogP contribution in [0.15, 0.2) is 47.4 Å². The third-order valence-corrected chi connectivity index (χ3v) is 7.81. The quantitative estimate of drug-likeness (QED) is 0.702. The summed E-state index contributed by atoms with van der Waals surface area (Å²) in [6, 6.07) is 11.3. The van der Waals surface area contributed by atoms with E-state index in [0.717, 1.165) is 36.9 Å². The first-order valence-corrected chi connectivity index (χ1v) is 11.8. The molecule has 0 spiro atoms. The number of ether oxygens (including phenoxy) is 1. The monoisotopic (exact) mass is 447 g/mol. The third-order valence-electron chi connectivity index (χ3n) is 5.87. The highest BCUT2D eigenvalue weighted by atomic mass is 32.2. The van der Waals surface area contributed by atoms with E-state index in [1.165, 1.54) is 28.1 Å². The molecule has 0 N–H and O–H groups in total. The number of amides is 1. The van der Waals surface area contributed by atoms with Crippen molar-refractivity contribution in [2.24, 2.45) is 0 Å². The molecule has 9 heteroatoms. The van der Waals surface area contributed by atoms with Crippen LogP contribution in [-0.4, -0.2) is 69.9 Å². The molecule has 0 radical (unpaired) electrons. The van der Waals surface area contributed by atoms with Crippen LogP contribution >= 0.6 is 0 Å². The van der Waals surface area contributed by atoms with Crippen LogP contribution in [0.5, 0.6) is 5.75 Å². The van der Waals surface area contributed by atoms with Crippen LogP contribution in [0.2, 0.25) is 0 Å². The number of anilines is 1. The first-order chi connectivity index (χ1) is 14.9. The minimum Gasteiger partial charge on any atom is -0.497 e. The van der Waals surface area contributed by atoms with Crippen molar-refractivity contribution in [1.82, 2.24) is 9.21 Å². The minimum atomic E-state index is -3.92. The van der Waals surface area contributed by atoms with Gasteiger partial charge in [-0.15, -0.1) is 0 Å². The second-order valence-corrected chi connectivity index (χ2v) is 9.64. The van der Waals surface area contributed by atoms with Gasteiger partial charge in [0.05, 0.1) is 13.7 Å². The standard InChI is InChI=1S/C22H26FN3O4S/c1-30-18-8-9-20-17(15-18)5-4-10-25(20)16-22(27)24-11-13-26(14-12-24)31(28,29)21-7-3-2-6-19(21)23/h2-3,6-9,15H,4-5,10-14,16H2,1H3. The second-order valence-electron chi connectivity index (χ2n) is 7.74. The van der Waals surface area contributed by atoms with E-state index in [4.69, 9.17) is 4.74 Å². The van der Waals surface area contributed by atoms with Crippen molar-refractivity contribution in [2.75, 3.05) is 51.3 Å². The van der Waals surface area contributed by atoms with E-state index in [2.05, 4.69) is 4.90 Å². The van der Waals surface area contributed by atoms with Crippen molar-refractivity contribution in [3.05, 3.63) is 53.8 Å². The van der Waals surface area contributed by atoms with Crippen LogP contribution in [0, 0.1) is 5.82 Å². The number of aryl methyl sites for hydroxylation is 1. The van der Waals surface area contributed by atoms with Crippen molar-refractivity contribution in [3.63, 3.8) is 0 Å². The van der Waals surface area contributed by atoms with Gasteiger partial charge in [0.15, 0.2) is 0 Å². The predicted molar refractivity (Wildman–Crippen MR) is 115 cm³/mol. The van der Waals surface area contributed by atoms with Crippen LogP contribution in [0.25, 0.3) is 0 Å². The van der Waals surface area contributed by atoms with Gasteiger partial charge in [0.1, 0.15) is 16.5 Å². The molecule has 166 valence electrons. The summed E-state index contributed by atoms with van der Waals surface area (Å²) in [5.41, 5.74) is 2.21. The summed E-state index contributed by atoms with van der Waals surface area (Å²) in [7, 11) is -2.28. The number of nitrogens with zero attached hydrogens (tertiary/aromatic N) is 3. The number of sulfonamides is 1. The number of halogens is 1. The molecule has 0 saturated carbocycles. The summed E-state index contributed by atoms with van der Waals surface area (Å²) in [6.07, 6.45) is 1.91. The maximum absolute atomic E-state index is 14.0. The van der Waals surface area contributed by atoms with E-state index in [0.29, 0.717) is 0 Å². The number of carbonyl (C=O) groups is 1. The molecule has 2 heterocycles. The smallest absolute Gasteiger partial charge is 0.246 e. The number of piperazine rings is 1. The lowest BCUT2D eigenvalue weighted by molar-refractivity contribution is -0.130. The molecule has 2 aliphatic heterocycles. The predicted octanol–water partition coefficient (Wildman–Crippen LogP) is 2.12. The fraction of sp³-hybridized carbons (Fsp3) is 0.409. The highest BCUT2D eigenvalue weighted by Crippen LogP contribution is 2.30. The average Bonchev–Trinajstić information content (AvgIpc) is 2.79. The van der Waals surface area contributed by atoms with E-state index in [1.54, 1.807) is 12.0 Å². The van der Waals surface area contributed by atoms with Crippen LogP contribution < -0.4 is 9.64 Å². The number of methoxy groups -OCH3 is 1. The summed E-state index contributed by atoms with van der Waals surface area (Å²) >= 11 is 0. The molecule has 2 aliphatic rings. The molecule has 0 aliphatic carbocycles. The van der Waals surface area contributed by atoms with E-state index in [1.807, 2.05) is 18.2 Å². The number of hydrogen-bond acceptors (Lipinski definition) is 5. The molecule has 4 rings (SSSR count). The topological polar surface area (TPSA) is 70.2 Å². The maximum atomic E-state index is 14.0. The van der Waals surface area contributed by atoms with Gasteiger partial charge in [-0.3, -0.25) is 4.79 Å². The molecule has 1 saturated heterocycles. The molecule has 0 bridgehead atoms. The Morgan fingerprint density at radius 3 is 2.52 bits per heavy atom. The molecular weight excluding hydrogens is 421 g/mol. The van der Waals surface area contributed by atoms with E-state index in [-0.39, 0.29) is 43.5 Å². The van der Waals surface area contributed by atoms with Gasteiger partial charge in [-0.1, -0.05) is 12.1 Å². The lowest BCUT2D eigenvalue weighted by Gasteiger charge is -2.37. The van der Waals surface area contributed by atoms with Crippen LogP contribution in [0.1, 0.15) is 12.0 Å². The Labute approximate surface area is 182 Å². The highest BCUT2D eigenvalue weighted by molar-refractivity contribution is 7.89. The van der Waals surface area contributed by atoms with Crippen LogP contribution in [0.4, 0.5) is 10.1 Å². The van der Waals surface area contributed by atoms with Gasteiger partial charge in [0, 0.05) is 38.4 Å². The van der Waals surface area contributed by atoms with Crippen LogP contribution in [-0.2, 0) is 21.2 Å². The Balaban J connectivity index is 1.39. The molecule has 0 unspecified atom stereocenters. The first-order valence-electron chi connectivity index (χ1n) is 10.3. The Morgan fingerprint density at radius 1 is 1.06 bits per heavy atom. The second kappa shape index (κ2) is 8.84. The maximum Gasteiger partial charge on any atom is 0.246 e. The zero-order chi connectivity index (χ0) is 22.0. The first kappa shape index (κ1) is 21.6.